The number of β-lactam (4-membered cyclic amide) rings is 1. The van der Waals surface area contributed by atoms with Crippen LogP contribution in [-0.2, 0) is 9.22 Å². The van der Waals surface area contributed by atoms with Gasteiger partial charge in [0, 0.05) is 0 Å². The minimum atomic E-state index is -1.73. The summed E-state index contributed by atoms with van der Waals surface area (Å²) in [5.41, 5.74) is 1.14. The molecule has 19 heavy (non-hydrogen) atoms. The van der Waals surface area contributed by atoms with Gasteiger partial charge in [-0.15, -0.1) is 0 Å². The monoisotopic (exact) mass is 277 g/mol. The van der Waals surface area contributed by atoms with E-state index in [0.29, 0.717) is 0 Å². The molecule has 2 atom stereocenters. The zero-order chi connectivity index (χ0) is 13.9. The number of carbonyl (C=O) groups is 1. The molecule has 0 saturated carbocycles. The topological polar surface area (TPSA) is 38.3 Å². The molecular formula is C15H23NO2Si. The van der Waals surface area contributed by atoms with E-state index in [9.17, 15) is 4.79 Å². The van der Waals surface area contributed by atoms with Gasteiger partial charge in [0.1, 0.15) is 6.10 Å². The van der Waals surface area contributed by atoms with Crippen molar-refractivity contribution < 1.29 is 9.22 Å². The number of carbonyl (C=O) groups excluding carboxylic acids is 1. The zero-order valence-corrected chi connectivity index (χ0v) is 13.0. The molecule has 1 aromatic rings. The molecule has 1 amide bonds. The van der Waals surface area contributed by atoms with E-state index in [1.165, 1.54) is 0 Å². The van der Waals surface area contributed by atoms with Crippen LogP contribution in [0.2, 0.25) is 18.1 Å². The second kappa shape index (κ2) is 5.88. The van der Waals surface area contributed by atoms with E-state index < -0.39 is 8.32 Å². The molecule has 1 saturated heterocycles. The number of benzene rings is 1. The maximum absolute atomic E-state index is 11.8. The quantitative estimate of drug-likeness (QED) is 0.640. The standard InChI is InChI=1S/C15H23NO2Si/c1-4-19(5-2,6-3)18-14-13(16-15(14)17)12-10-8-7-9-11-12/h7-11,13-14H,4-6H2,1-3H3,(H,16,17)/t13-,14+/m0/s1. The van der Waals surface area contributed by atoms with Crippen LogP contribution in [0.1, 0.15) is 32.4 Å². The first-order chi connectivity index (χ1) is 9.15. The van der Waals surface area contributed by atoms with E-state index in [1.54, 1.807) is 0 Å². The molecule has 0 radical (unpaired) electrons. The molecule has 0 aromatic heterocycles. The number of amides is 1. The predicted molar refractivity (Wildman–Crippen MR) is 79.4 cm³/mol. The molecule has 1 aliphatic heterocycles. The molecule has 0 spiro atoms. The molecule has 1 aromatic carbocycles. The smallest absolute Gasteiger partial charge is 0.251 e. The van der Waals surface area contributed by atoms with Gasteiger partial charge < -0.3 is 9.74 Å². The van der Waals surface area contributed by atoms with Gasteiger partial charge in [0.05, 0.1) is 6.04 Å². The third kappa shape index (κ3) is 2.74. The lowest BCUT2D eigenvalue weighted by molar-refractivity contribution is -0.141. The first-order valence-corrected chi connectivity index (χ1v) is 9.72. The van der Waals surface area contributed by atoms with Crippen LogP contribution in [0, 0.1) is 0 Å². The van der Waals surface area contributed by atoms with E-state index in [1.807, 2.05) is 30.3 Å². The normalized spacial score (nSPS) is 22.8. The van der Waals surface area contributed by atoms with Crippen molar-refractivity contribution in [3.63, 3.8) is 0 Å². The third-order valence-corrected chi connectivity index (χ3v) is 8.95. The Morgan fingerprint density at radius 1 is 1.11 bits per heavy atom. The Morgan fingerprint density at radius 2 is 1.68 bits per heavy atom. The van der Waals surface area contributed by atoms with Gasteiger partial charge in [0.15, 0.2) is 8.32 Å². The van der Waals surface area contributed by atoms with Crippen molar-refractivity contribution in [1.82, 2.24) is 5.32 Å². The predicted octanol–water partition coefficient (Wildman–Crippen LogP) is 3.25. The first kappa shape index (κ1) is 14.3. The van der Waals surface area contributed by atoms with E-state index in [-0.39, 0.29) is 18.1 Å². The largest absolute Gasteiger partial charge is 0.403 e. The lowest BCUT2D eigenvalue weighted by Gasteiger charge is -2.42. The second-order valence-electron chi connectivity index (χ2n) is 5.18. The van der Waals surface area contributed by atoms with Crippen LogP contribution in [-0.4, -0.2) is 20.3 Å². The Morgan fingerprint density at radius 3 is 2.16 bits per heavy atom. The molecule has 0 unspecified atom stereocenters. The Bertz CT molecular complexity index is 423. The van der Waals surface area contributed by atoms with Crippen LogP contribution < -0.4 is 5.32 Å². The van der Waals surface area contributed by atoms with E-state index >= 15 is 0 Å². The molecule has 3 nitrogen and oxygen atoms in total. The highest BCUT2D eigenvalue weighted by Crippen LogP contribution is 2.33. The van der Waals surface area contributed by atoms with Gasteiger partial charge >= 0.3 is 0 Å². The highest BCUT2D eigenvalue weighted by molar-refractivity contribution is 6.73. The van der Waals surface area contributed by atoms with Crippen molar-refractivity contribution in [1.29, 1.82) is 0 Å². The third-order valence-electron chi connectivity index (χ3n) is 4.33. The van der Waals surface area contributed by atoms with Crippen LogP contribution in [0.3, 0.4) is 0 Å². The molecule has 1 heterocycles. The number of nitrogens with one attached hydrogen (secondary N) is 1. The molecule has 1 fully saturated rings. The summed E-state index contributed by atoms with van der Waals surface area (Å²) in [5.74, 6) is 0.0427. The molecule has 0 bridgehead atoms. The fraction of sp³-hybridized carbons (Fsp3) is 0.533. The summed E-state index contributed by atoms with van der Waals surface area (Å²) in [6.45, 7) is 6.56. The fourth-order valence-corrected chi connectivity index (χ4v) is 5.46. The van der Waals surface area contributed by atoms with Gasteiger partial charge in [0.25, 0.3) is 5.91 Å². The molecule has 4 heteroatoms. The zero-order valence-electron chi connectivity index (χ0n) is 12.0. The minimum Gasteiger partial charge on any atom is -0.403 e. The Labute approximate surface area is 116 Å². The number of rotatable bonds is 6. The molecule has 0 aliphatic carbocycles. The summed E-state index contributed by atoms with van der Waals surface area (Å²) >= 11 is 0. The lowest BCUT2D eigenvalue weighted by atomic mass is 9.94. The van der Waals surface area contributed by atoms with Gasteiger partial charge in [-0.25, -0.2) is 0 Å². The molecule has 1 aliphatic rings. The van der Waals surface area contributed by atoms with Gasteiger partial charge in [-0.05, 0) is 23.7 Å². The first-order valence-electron chi connectivity index (χ1n) is 7.19. The van der Waals surface area contributed by atoms with Gasteiger partial charge in [-0.3, -0.25) is 4.79 Å². The Hall–Kier alpha value is -1.13. The Balaban J connectivity index is 2.12. The average molecular weight is 277 g/mol. The van der Waals surface area contributed by atoms with Crippen LogP contribution in [0.15, 0.2) is 30.3 Å². The highest BCUT2D eigenvalue weighted by atomic mass is 28.4. The van der Waals surface area contributed by atoms with Crippen molar-refractivity contribution in [2.45, 2.75) is 51.0 Å². The summed E-state index contributed by atoms with van der Waals surface area (Å²) in [6.07, 6.45) is -0.283. The summed E-state index contributed by atoms with van der Waals surface area (Å²) in [4.78, 5) is 11.8. The van der Waals surface area contributed by atoms with Crippen LogP contribution in [0.25, 0.3) is 0 Å². The average Bonchev–Trinajstić information content (AvgIpc) is 2.47. The van der Waals surface area contributed by atoms with Crippen molar-refractivity contribution >= 4 is 14.2 Å². The van der Waals surface area contributed by atoms with Crippen molar-refractivity contribution in [3.8, 4) is 0 Å². The maximum atomic E-state index is 11.8. The summed E-state index contributed by atoms with van der Waals surface area (Å²) in [5, 5.41) is 2.96. The van der Waals surface area contributed by atoms with Gasteiger partial charge in [-0.1, -0.05) is 51.1 Å². The fourth-order valence-electron chi connectivity index (χ4n) is 2.68. The van der Waals surface area contributed by atoms with Gasteiger partial charge in [0.2, 0.25) is 0 Å². The van der Waals surface area contributed by atoms with Crippen LogP contribution in [0.4, 0.5) is 0 Å². The summed E-state index contributed by atoms with van der Waals surface area (Å²) in [6, 6.07) is 13.3. The molecule has 2 rings (SSSR count). The summed E-state index contributed by atoms with van der Waals surface area (Å²) < 4.78 is 6.33. The van der Waals surface area contributed by atoms with Crippen molar-refractivity contribution in [2.75, 3.05) is 0 Å². The van der Waals surface area contributed by atoms with Gasteiger partial charge in [-0.2, -0.15) is 0 Å². The number of hydrogen-bond acceptors (Lipinski definition) is 2. The molecular weight excluding hydrogens is 254 g/mol. The van der Waals surface area contributed by atoms with Crippen molar-refractivity contribution in [3.05, 3.63) is 35.9 Å². The van der Waals surface area contributed by atoms with E-state index in [4.69, 9.17) is 4.43 Å². The second-order valence-corrected chi connectivity index (χ2v) is 9.90. The highest BCUT2D eigenvalue weighted by Gasteiger charge is 2.45. The van der Waals surface area contributed by atoms with Crippen LogP contribution >= 0.6 is 0 Å². The van der Waals surface area contributed by atoms with E-state index in [2.05, 4.69) is 26.1 Å². The summed E-state index contributed by atoms with van der Waals surface area (Å²) in [7, 11) is -1.73. The lowest BCUT2D eigenvalue weighted by Crippen LogP contribution is -2.60. The number of hydrogen-bond donors (Lipinski definition) is 1. The molecule has 1 N–H and O–H groups in total. The van der Waals surface area contributed by atoms with Crippen LogP contribution in [0.5, 0.6) is 0 Å². The minimum absolute atomic E-state index is 0.0326. The maximum Gasteiger partial charge on any atom is 0.251 e. The Kier molecular flexibility index (Phi) is 4.42. The van der Waals surface area contributed by atoms with E-state index in [0.717, 1.165) is 23.7 Å². The molecule has 104 valence electrons. The SMILES string of the molecule is CC[Si](CC)(CC)O[C@H]1C(=O)N[C@H]1c1ccccc1. The van der Waals surface area contributed by atoms with Crippen molar-refractivity contribution in [2.24, 2.45) is 0 Å².